The minimum absolute atomic E-state index is 0.0276. The number of hydrogen-bond acceptors (Lipinski definition) is 2. The van der Waals surface area contributed by atoms with Gasteiger partial charge in [-0.2, -0.15) is 0 Å². The molecule has 0 spiro atoms. The van der Waals surface area contributed by atoms with Crippen LogP contribution in [0.2, 0.25) is 0 Å². The van der Waals surface area contributed by atoms with Crippen LogP contribution in [-0.4, -0.2) is 30.9 Å². The van der Waals surface area contributed by atoms with Gasteiger partial charge in [-0.1, -0.05) is 13.8 Å². The van der Waals surface area contributed by atoms with Crippen molar-refractivity contribution in [1.29, 1.82) is 0 Å². The van der Waals surface area contributed by atoms with E-state index in [4.69, 9.17) is 0 Å². The zero-order valence-electron chi connectivity index (χ0n) is 11.8. The monoisotopic (exact) mass is 270 g/mol. The molecule has 0 heterocycles. The van der Waals surface area contributed by atoms with Gasteiger partial charge in [-0.3, -0.25) is 4.79 Å². The van der Waals surface area contributed by atoms with E-state index >= 15 is 0 Å². The van der Waals surface area contributed by atoms with E-state index in [1.54, 1.807) is 14.0 Å². The second-order valence-electron chi connectivity index (χ2n) is 4.92. The molecule has 1 aromatic carbocycles. The molecule has 0 aliphatic carbocycles. The first kappa shape index (κ1) is 15.4. The molecule has 0 radical (unpaired) electrons. The smallest absolute Gasteiger partial charge is 0.253 e. The summed E-state index contributed by atoms with van der Waals surface area (Å²) in [7, 11) is 1.62. The third-order valence-electron chi connectivity index (χ3n) is 2.63. The molecule has 106 valence electrons. The van der Waals surface area contributed by atoms with E-state index in [0.29, 0.717) is 19.0 Å². The number of hydrogen-bond donors (Lipinski definition) is 1. The highest BCUT2D eigenvalue weighted by Gasteiger charge is 2.18. The molecule has 1 N–H and O–H groups in total. The predicted octanol–water partition coefficient (Wildman–Crippen LogP) is 3.12. The topological polar surface area (TPSA) is 32.3 Å². The Morgan fingerprint density at radius 2 is 1.84 bits per heavy atom. The van der Waals surface area contributed by atoms with Crippen molar-refractivity contribution in [2.24, 2.45) is 5.92 Å². The Bertz CT molecular complexity index is 438. The summed E-state index contributed by atoms with van der Waals surface area (Å²) in [6.07, 6.45) is 0. The molecule has 0 aliphatic rings. The second kappa shape index (κ2) is 6.50. The maximum Gasteiger partial charge on any atom is 0.253 e. The molecule has 1 aromatic rings. The minimum Gasteiger partial charge on any atom is -0.381 e. The van der Waals surface area contributed by atoms with Crippen molar-refractivity contribution in [2.45, 2.75) is 20.8 Å². The van der Waals surface area contributed by atoms with E-state index in [9.17, 15) is 13.6 Å². The highest BCUT2D eigenvalue weighted by Crippen LogP contribution is 2.21. The number of amides is 1. The fraction of sp³-hybridized carbons (Fsp3) is 0.500. The lowest BCUT2D eigenvalue weighted by Crippen LogP contribution is -2.30. The summed E-state index contributed by atoms with van der Waals surface area (Å²) in [4.78, 5) is 13.5. The summed E-state index contributed by atoms with van der Waals surface area (Å²) in [5.41, 5.74) is -0.162. The standard InChI is InChI=1S/C14H20F2N2O/c1-5-17-13-11(15)6-10(7-12(13)16)14(19)18(4)8-9(2)3/h6-7,9,17H,5,8H2,1-4H3. The first-order valence-electron chi connectivity index (χ1n) is 6.35. The molecular weight excluding hydrogens is 250 g/mol. The summed E-state index contributed by atoms with van der Waals surface area (Å²) < 4.78 is 27.4. The number of carbonyl (C=O) groups excluding carboxylic acids is 1. The van der Waals surface area contributed by atoms with Gasteiger partial charge in [0.2, 0.25) is 0 Å². The second-order valence-corrected chi connectivity index (χ2v) is 4.92. The number of halogens is 2. The average Bonchev–Trinajstić information content (AvgIpc) is 2.31. The van der Waals surface area contributed by atoms with Crippen LogP contribution < -0.4 is 5.32 Å². The summed E-state index contributed by atoms with van der Waals surface area (Å²) in [6, 6.07) is 2.14. The average molecular weight is 270 g/mol. The molecule has 0 fully saturated rings. The molecule has 0 bridgehead atoms. The molecular formula is C14H20F2N2O. The third kappa shape index (κ3) is 3.91. The molecule has 3 nitrogen and oxygen atoms in total. The van der Waals surface area contributed by atoms with Gasteiger partial charge in [-0.25, -0.2) is 8.78 Å². The first-order chi connectivity index (χ1) is 8.86. The van der Waals surface area contributed by atoms with Crippen molar-refractivity contribution in [3.63, 3.8) is 0 Å². The number of benzene rings is 1. The molecule has 1 rings (SSSR count). The Labute approximate surface area is 112 Å². The van der Waals surface area contributed by atoms with Gasteiger partial charge >= 0.3 is 0 Å². The van der Waals surface area contributed by atoms with Crippen molar-refractivity contribution in [3.8, 4) is 0 Å². The van der Waals surface area contributed by atoms with Crippen LogP contribution >= 0.6 is 0 Å². The van der Waals surface area contributed by atoms with Crippen molar-refractivity contribution in [3.05, 3.63) is 29.3 Å². The van der Waals surface area contributed by atoms with Crippen LogP contribution in [0.5, 0.6) is 0 Å². The zero-order valence-corrected chi connectivity index (χ0v) is 11.8. The number of nitrogens with one attached hydrogen (secondary N) is 1. The number of carbonyl (C=O) groups is 1. The SMILES string of the molecule is CCNc1c(F)cc(C(=O)N(C)CC(C)C)cc1F. The predicted molar refractivity (Wildman–Crippen MR) is 72.3 cm³/mol. The van der Waals surface area contributed by atoms with Gasteiger partial charge < -0.3 is 10.2 Å². The Hall–Kier alpha value is -1.65. The lowest BCUT2D eigenvalue weighted by atomic mass is 10.1. The van der Waals surface area contributed by atoms with Crippen molar-refractivity contribution < 1.29 is 13.6 Å². The minimum atomic E-state index is -0.747. The molecule has 19 heavy (non-hydrogen) atoms. The lowest BCUT2D eigenvalue weighted by molar-refractivity contribution is 0.0778. The van der Waals surface area contributed by atoms with E-state index in [1.807, 2.05) is 13.8 Å². The van der Waals surface area contributed by atoms with Crippen LogP contribution in [0.3, 0.4) is 0 Å². The van der Waals surface area contributed by atoms with Crippen LogP contribution in [0.4, 0.5) is 14.5 Å². The third-order valence-corrected chi connectivity index (χ3v) is 2.63. The quantitative estimate of drug-likeness (QED) is 0.891. The highest BCUT2D eigenvalue weighted by molar-refractivity contribution is 5.94. The largest absolute Gasteiger partial charge is 0.381 e. The highest BCUT2D eigenvalue weighted by atomic mass is 19.1. The number of anilines is 1. The van der Waals surface area contributed by atoms with Crippen molar-refractivity contribution in [2.75, 3.05) is 25.5 Å². The Morgan fingerprint density at radius 3 is 2.26 bits per heavy atom. The van der Waals surface area contributed by atoms with E-state index < -0.39 is 11.6 Å². The van der Waals surface area contributed by atoms with Crippen LogP contribution in [0.25, 0.3) is 0 Å². The molecule has 5 heteroatoms. The number of nitrogens with zero attached hydrogens (tertiary/aromatic N) is 1. The molecule has 0 saturated carbocycles. The lowest BCUT2D eigenvalue weighted by Gasteiger charge is -2.20. The zero-order chi connectivity index (χ0) is 14.6. The van der Waals surface area contributed by atoms with E-state index in [0.717, 1.165) is 12.1 Å². The summed E-state index contributed by atoms with van der Waals surface area (Å²) >= 11 is 0. The summed E-state index contributed by atoms with van der Waals surface area (Å²) in [6.45, 7) is 6.64. The number of rotatable bonds is 5. The molecule has 1 amide bonds. The van der Waals surface area contributed by atoms with Gasteiger partial charge in [0.1, 0.15) is 17.3 Å². The van der Waals surface area contributed by atoms with Gasteiger partial charge in [0.15, 0.2) is 0 Å². The Kier molecular flexibility index (Phi) is 5.27. The van der Waals surface area contributed by atoms with Crippen LogP contribution in [-0.2, 0) is 0 Å². The normalized spacial score (nSPS) is 10.7. The van der Waals surface area contributed by atoms with Crippen molar-refractivity contribution in [1.82, 2.24) is 4.90 Å². The van der Waals surface area contributed by atoms with E-state index in [1.165, 1.54) is 4.90 Å². The first-order valence-corrected chi connectivity index (χ1v) is 6.35. The van der Waals surface area contributed by atoms with Crippen molar-refractivity contribution >= 4 is 11.6 Å². The van der Waals surface area contributed by atoms with E-state index in [2.05, 4.69) is 5.32 Å². The van der Waals surface area contributed by atoms with E-state index in [-0.39, 0.29) is 17.2 Å². The van der Waals surface area contributed by atoms with Gasteiger partial charge in [0, 0.05) is 25.7 Å². The Balaban J connectivity index is 2.99. The maximum absolute atomic E-state index is 13.7. The van der Waals surface area contributed by atoms with Crippen LogP contribution in [0.15, 0.2) is 12.1 Å². The fourth-order valence-corrected chi connectivity index (χ4v) is 1.89. The molecule has 0 saturated heterocycles. The Morgan fingerprint density at radius 1 is 1.32 bits per heavy atom. The molecule has 0 aromatic heterocycles. The maximum atomic E-state index is 13.7. The summed E-state index contributed by atoms with van der Waals surface area (Å²) in [5, 5.41) is 2.60. The molecule has 0 aliphatic heterocycles. The molecule has 0 atom stereocenters. The van der Waals surface area contributed by atoms with Gasteiger partial charge in [-0.15, -0.1) is 0 Å². The van der Waals surface area contributed by atoms with Gasteiger partial charge in [0.05, 0.1) is 0 Å². The summed E-state index contributed by atoms with van der Waals surface area (Å²) in [5.74, 6) is -1.58. The van der Waals surface area contributed by atoms with Gasteiger partial charge in [-0.05, 0) is 25.0 Å². The fourth-order valence-electron chi connectivity index (χ4n) is 1.89. The molecule has 0 unspecified atom stereocenters. The van der Waals surface area contributed by atoms with Crippen LogP contribution in [0.1, 0.15) is 31.1 Å². The van der Waals surface area contributed by atoms with Crippen LogP contribution in [0, 0.1) is 17.6 Å². The van der Waals surface area contributed by atoms with Gasteiger partial charge in [0.25, 0.3) is 5.91 Å².